The van der Waals surface area contributed by atoms with Crippen molar-refractivity contribution in [2.75, 3.05) is 26.2 Å². The zero-order valence-corrected chi connectivity index (χ0v) is 14.9. The Labute approximate surface area is 152 Å². The lowest BCUT2D eigenvalue weighted by Gasteiger charge is -2.33. The highest BCUT2D eigenvalue weighted by Gasteiger charge is 2.27. The normalized spacial score (nSPS) is 16.1. The van der Waals surface area contributed by atoms with Gasteiger partial charge in [-0.05, 0) is 35.9 Å². The van der Waals surface area contributed by atoms with E-state index in [1.165, 1.54) is 34.0 Å². The maximum absolute atomic E-state index is 13.0. The summed E-state index contributed by atoms with van der Waals surface area (Å²) in [5.74, 6) is -0.621. The van der Waals surface area contributed by atoms with Gasteiger partial charge in [0.25, 0.3) is 5.91 Å². The number of hydrogen-bond acceptors (Lipinski definition) is 3. The predicted octanol–water partition coefficient (Wildman–Crippen LogP) is 2.58. The van der Waals surface area contributed by atoms with Gasteiger partial charge in [-0.2, -0.15) is 4.31 Å². The molecule has 26 heavy (non-hydrogen) atoms. The van der Waals surface area contributed by atoms with Gasteiger partial charge >= 0.3 is 0 Å². The molecule has 2 aromatic carbocycles. The van der Waals surface area contributed by atoms with E-state index in [1.54, 1.807) is 11.0 Å². The highest BCUT2D eigenvalue weighted by atomic mass is 32.2. The van der Waals surface area contributed by atoms with Crippen LogP contribution in [-0.4, -0.2) is 49.7 Å². The molecule has 1 aliphatic rings. The maximum atomic E-state index is 13.0. The van der Waals surface area contributed by atoms with E-state index in [0.29, 0.717) is 18.7 Å². The summed E-state index contributed by atoms with van der Waals surface area (Å²) in [7, 11) is -3.54. The molecule has 0 radical (unpaired) electrons. The Morgan fingerprint density at radius 2 is 1.54 bits per heavy atom. The summed E-state index contributed by atoms with van der Waals surface area (Å²) in [6.45, 7) is 1.06. The zero-order valence-electron chi connectivity index (χ0n) is 14.1. The van der Waals surface area contributed by atoms with Gasteiger partial charge in [-0.15, -0.1) is 0 Å². The summed E-state index contributed by atoms with van der Waals surface area (Å²) >= 11 is 0. The Hall–Kier alpha value is -2.51. The number of hydrogen-bond donors (Lipinski definition) is 0. The summed E-state index contributed by atoms with van der Waals surface area (Å²) in [5, 5.41) is 1.19. The van der Waals surface area contributed by atoms with Crippen molar-refractivity contribution in [2.24, 2.45) is 0 Å². The summed E-state index contributed by atoms with van der Waals surface area (Å²) in [4.78, 5) is 14.0. The Balaban J connectivity index is 1.61. The zero-order chi connectivity index (χ0) is 18.6. The van der Waals surface area contributed by atoms with Crippen molar-refractivity contribution in [1.82, 2.24) is 9.21 Å². The third-order valence-electron chi connectivity index (χ3n) is 4.21. The lowest BCUT2D eigenvalue weighted by Crippen LogP contribution is -2.50. The van der Waals surface area contributed by atoms with Gasteiger partial charge in [0, 0.05) is 37.2 Å². The van der Waals surface area contributed by atoms with Crippen LogP contribution in [0, 0.1) is 5.82 Å². The van der Waals surface area contributed by atoms with Crippen LogP contribution in [0.25, 0.3) is 6.08 Å². The van der Waals surface area contributed by atoms with Crippen LogP contribution in [0.15, 0.2) is 60.0 Å². The van der Waals surface area contributed by atoms with Gasteiger partial charge in [0.15, 0.2) is 0 Å². The predicted molar refractivity (Wildman–Crippen MR) is 98.3 cm³/mol. The minimum Gasteiger partial charge on any atom is -0.336 e. The molecule has 1 saturated heterocycles. The molecule has 5 nitrogen and oxygen atoms in total. The van der Waals surface area contributed by atoms with Gasteiger partial charge in [0.1, 0.15) is 5.82 Å². The second-order valence-corrected chi connectivity index (χ2v) is 7.78. The molecule has 1 aliphatic heterocycles. The van der Waals surface area contributed by atoms with E-state index >= 15 is 0 Å². The molecule has 0 spiro atoms. The highest BCUT2D eigenvalue weighted by Crippen LogP contribution is 2.14. The van der Waals surface area contributed by atoms with Crippen LogP contribution < -0.4 is 0 Å². The maximum Gasteiger partial charge on any atom is 0.253 e. The number of rotatable bonds is 4. The van der Waals surface area contributed by atoms with E-state index in [0.717, 1.165) is 5.56 Å². The molecular formula is C19H19FN2O3S. The minimum absolute atomic E-state index is 0.220. The molecule has 7 heteroatoms. The number of nitrogens with zero attached hydrogens (tertiary/aromatic N) is 2. The van der Waals surface area contributed by atoms with Gasteiger partial charge in [0.05, 0.1) is 0 Å². The van der Waals surface area contributed by atoms with Crippen molar-refractivity contribution in [3.63, 3.8) is 0 Å². The van der Waals surface area contributed by atoms with Crippen molar-refractivity contribution in [3.8, 4) is 0 Å². The molecule has 1 fully saturated rings. The Bertz CT molecular complexity index is 888. The number of halogens is 1. The van der Waals surface area contributed by atoms with E-state index in [9.17, 15) is 17.6 Å². The van der Waals surface area contributed by atoms with Crippen LogP contribution in [0.2, 0.25) is 0 Å². The number of sulfonamides is 1. The fourth-order valence-electron chi connectivity index (χ4n) is 2.74. The van der Waals surface area contributed by atoms with Crippen molar-refractivity contribution in [3.05, 3.63) is 76.9 Å². The monoisotopic (exact) mass is 374 g/mol. The molecule has 0 atom stereocenters. The summed E-state index contributed by atoms with van der Waals surface area (Å²) < 4.78 is 39.2. The molecule has 0 unspecified atom stereocenters. The summed E-state index contributed by atoms with van der Waals surface area (Å²) in [6.07, 6.45) is 1.56. The van der Waals surface area contributed by atoms with Crippen molar-refractivity contribution >= 4 is 22.0 Å². The van der Waals surface area contributed by atoms with E-state index in [2.05, 4.69) is 0 Å². The number of amides is 1. The quantitative estimate of drug-likeness (QED) is 0.827. The van der Waals surface area contributed by atoms with E-state index in [-0.39, 0.29) is 19.0 Å². The molecule has 0 N–H and O–H groups in total. The largest absolute Gasteiger partial charge is 0.336 e. The first kappa shape index (κ1) is 18.3. The first-order valence-corrected chi connectivity index (χ1v) is 9.74. The van der Waals surface area contributed by atoms with Gasteiger partial charge in [-0.25, -0.2) is 12.8 Å². The second-order valence-electron chi connectivity index (χ2n) is 5.96. The van der Waals surface area contributed by atoms with Crippen LogP contribution >= 0.6 is 0 Å². The standard InChI is InChI=1S/C19H19FN2O3S/c20-18-8-6-17(7-9-18)19(23)21-11-13-22(14-12-21)26(24,25)15-10-16-4-2-1-3-5-16/h1-10,15H,11-14H2/b15-10+. The molecular weight excluding hydrogens is 355 g/mol. The third kappa shape index (κ3) is 4.36. The van der Waals surface area contributed by atoms with Crippen LogP contribution in [0.4, 0.5) is 4.39 Å². The SMILES string of the molecule is O=C(c1ccc(F)cc1)N1CCN(S(=O)(=O)/C=C/c2ccccc2)CC1. The van der Waals surface area contributed by atoms with Crippen molar-refractivity contribution in [2.45, 2.75) is 0 Å². The molecule has 3 rings (SSSR count). The van der Waals surface area contributed by atoms with Crippen LogP contribution in [0.3, 0.4) is 0 Å². The Morgan fingerprint density at radius 1 is 0.923 bits per heavy atom. The number of piperazine rings is 1. The fourth-order valence-corrected chi connectivity index (χ4v) is 3.91. The average molecular weight is 374 g/mol. The second kappa shape index (κ2) is 7.80. The number of benzene rings is 2. The van der Waals surface area contributed by atoms with Crippen molar-refractivity contribution < 1.29 is 17.6 Å². The first-order valence-electron chi connectivity index (χ1n) is 8.24. The lowest BCUT2D eigenvalue weighted by atomic mass is 10.2. The highest BCUT2D eigenvalue weighted by molar-refractivity contribution is 7.92. The number of carbonyl (C=O) groups is 1. The average Bonchev–Trinajstić information content (AvgIpc) is 2.67. The minimum atomic E-state index is -3.54. The van der Waals surface area contributed by atoms with Gasteiger partial charge < -0.3 is 4.90 Å². The third-order valence-corrected chi connectivity index (χ3v) is 5.77. The van der Waals surface area contributed by atoms with Crippen molar-refractivity contribution in [1.29, 1.82) is 0 Å². The van der Waals surface area contributed by atoms with E-state index < -0.39 is 15.8 Å². The Morgan fingerprint density at radius 3 is 2.15 bits per heavy atom. The lowest BCUT2D eigenvalue weighted by molar-refractivity contribution is 0.0698. The van der Waals surface area contributed by atoms with Crippen LogP contribution in [0.5, 0.6) is 0 Å². The molecule has 1 heterocycles. The molecule has 2 aromatic rings. The molecule has 0 aliphatic carbocycles. The first-order chi connectivity index (χ1) is 12.5. The molecule has 136 valence electrons. The molecule has 0 aromatic heterocycles. The summed E-state index contributed by atoms with van der Waals surface area (Å²) in [6, 6.07) is 14.5. The van der Waals surface area contributed by atoms with E-state index in [4.69, 9.17) is 0 Å². The smallest absolute Gasteiger partial charge is 0.253 e. The van der Waals surface area contributed by atoms with Crippen LogP contribution in [-0.2, 0) is 10.0 Å². The topological polar surface area (TPSA) is 57.7 Å². The molecule has 0 bridgehead atoms. The van der Waals surface area contributed by atoms with Gasteiger partial charge in [-0.1, -0.05) is 30.3 Å². The molecule has 1 amide bonds. The Kier molecular flexibility index (Phi) is 5.49. The molecule has 0 saturated carbocycles. The van der Waals surface area contributed by atoms with Crippen LogP contribution in [0.1, 0.15) is 15.9 Å². The van der Waals surface area contributed by atoms with E-state index in [1.807, 2.05) is 30.3 Å². The number of carbonyl (C=O) groups excluding carboxylic acids is 1. The van der Waals surface area contributed by atoms with Gasteiger partial charge in [0.2, 0.25) is 10.0 Å². The summed E-state index contributed by atoms with van der Waals surface area (Å²) in [5.41, 5.74) is 1.20. The van der Waals surface area contributed by atoms with Gasteiger partial charge in [-0.3, -0.25) is 4.79 Å². The fraction of sp³-hybridized carbons (Fsp3) is 0.211.